The van der Waals surface area contributed by atoms with Gasteiger partial charge in [0.25, 0.3) is 0 Å². The topological polar surface area (TPSA) is 61.1 Å². The van der Waals surface area contributed by atoms with Gasteiger partial charge in [0.1, 0.15) is 5.82 Å². The zero-order chi connectivity index (χ0) is 10.7. The third-order valence-electron chi connectivity index (χ3n) is 1.70. The molecule has 0 unspecified atom stereocenters. The molecule has 0 aromatic heterocycles. The van der Waals surface area contributed by atoms with E-state index in [1.807, 2.05) is 0 Å². The van der Waals surface area contributed by atoms with Crippen molar-refractivity contribution >= 4 is 21.9 Å². The highest BCUT2D eigenvalue weighted by atomic mass is 79.9. The summed E-state index contributed by atoms with van der Waals surface area (Å²) in [6.45, 7) is 0. The van der Waals surface area contributed by atoms with E-state index in [1.165, 1.54) is 0 Å². The fraction of sp³-hybridized carbons (Fsp3) is 0.111. The second kappa shape index (κ2) is 4.20. The molecular formula is C9H5BrFNO2. The predicted molar refractivity (Wildman–Crippen MR) is 50.7 cm³/mol. The van der Waals surface area contributed by atoms with Crippen molar-refractivity contribution in [2.24, 2.45) is 0 Å². The van der Waals surface area contributed by atoms with Crippen LogP contribution >= 0.6 is 15.9 Å². The van der Waals surface area contributed by atoms with Crippen molar-refractivity contribution in [1.29, 1.82) is 5.26 Å². The Kier molecular flexibility index (Phi) is 3.20. The molecule has 3 nitrogen and oxygen atoms in total. The number of benzene rings is 1. The Bertz CT molecular complexity index is 426. The first-order valence-corrected chi connectivity index (χ1v) is 4.74. The maximum absolute atomic E-state index is 12.9. The highest BCUT2D eigenvalue weighted by molar-refractivity contribution is 9.08. The average molecular weight is 258 g/mol. The van der Waals surface area contributed by atoms with Crippen LogP contribution in [0.4, 0.5) is 4.39 Å². The maximum atomic E-state index is 12.9. The Hall–Kier alpha value is -1.41. The van der Waals surface area contributed by atoms with Crippen LogP contribution in [-0.4, -0.2) is 11.1 Å². The lowest BCUT2D eigenvalue weighted by Gasteiger charge is -2.04. The molecule has 5 heteroatoms. The lowest BCUT2D eigenvalue weighted by atomic mass is 10.0. The smallest absolute Gasteiger partial charge is 0.336 e. The molecule has 1 rings (SSSR count). The number of rotatable bonds is 2. The van der Waals surface area contributed by atoms with Crippen molar-refractivity contribution in [2.75, 3.05) is 0 Å². The molecule has 1 N–H and O–H groups in total. The lowest BCUT2D eigenvalue weighted by Crippen LogP contribution is -2.04. The van der Waals surface area contributed by atoms with E-state index in [2.05, 4.69) is 15.9 Å². The van der Waals surface area contributed by atoms with Crippen molar-refractivity contribution in [3.8, 4) is 6.07 Å². The third kappa shape index (κ3) is 1.91. The summed E-state index contributed by atoms with van der Waals surface area (Å²) in [6, 6.07) is 3.67. The predicted octanol–water partition coefficient (Wildman–Crippen LogP) is 2.29. The quantitative estimate of drug-likeness (QED) is 0.828. The molecule has 0 saturated heterocycles. The van der Waals surface area contributed by atoms with Crippen LogP contribution in [0.3, 0.4) is 0 Å². The normalized spacial score (nSPS) is 9.50. The minimum absolute atomic E-state index is 0.0410. The van der Waals surface area contributed by atoms with Crippen LogP contribution in [-0.2, 0) is 5.33 Å². The van der Waals surface area contributed by atoms with Crippen LogP contribution in [0.2, 0.25) is 0 Å². The fourth-order valence-electron chi connectivity index (χ4n) is 1.07. The number of hydrogen-bond acceptors (Lipinski definition) is 2. The second-order valence-corrected chi connectivity index (χ2v) is 3.09. The average Bonchev–Trinajstić information content (AvgIpc) is 2.16. The molecule has 0 aliphatic heterocycles. The van der Waals surface area contributed by atoms with Gasteiger partial charge in [-0.1, -0.05) is 15.9 Å². The number of nitrogens with zero attached hydrogens (tertiary/aromatic N) is 1. The summed E-state index contributed by atoms with van der Waals surface area (Å²) in [5.41, 5.74) is 0.152. The zero-order valence-electron chi connectivity index (χ0n) is 6.92. The molecule has 0 fully saturated rings. The Labute approximate surface area is 87.9 Å². The van der Waals surface area contributed by atoms with Crippen LogP contribution in [0.15, 0.2) is 12.1 Å². The number of carboxylic acids is 1. The van der Waals surface area contributed by atoms with Crippen molar-refractivity contribution < 1.29 is 14.3 Å². The van der Waals surface area contributed by atoms with Crippen molar-refractivity contribution in [3.05, 3.63) is 34.6 Å². The molecule has 0 heterocycles. The Morgan fingerprint density at radius 3 is 2.71 bits per heavy atom. The number of nitriles is 1. The molecular weight excluding hydrogens is 253 g/mol. The van der Waals surface area contributed by atoms with Crippen molar-refractivity contribution in [3.63, 3.8) is 0 Å². The summed E-state index contributed by atoms with van der Waals surface area (Å²) in [5, 5.41) is 17.6. The van der Waals surface area contributed by atoms with Crippen LogP contribution in [0.25, 0.3) is 0 Å². The van der Waals surface area contributed by atoms with Gasteiger partial charge in [-0.3, -0.25) is 0 Å². The van der Waals surface area contributed by atoms with E-state index in [-0.39, 0.29) is 16.5 Å². The van der Waals surface area contributed by atoms with Gasteiger partial charge < -0.3 is 5.11 Å². The Morgan fingerprint density at radius 1 is 1.64 bits per heavy atom. The van der Waals surface area contributed by atoms with Gasteiger partial charge in [0, 0.05) is 5.33 Å². The molecule has 1 aromatic carbocycles. The fourth-order valence-corrected chi connectivity index (χ4v) is 1.68. The molecule has 0 aliphatic carbocycles. The SMILES string of the molecule is N#Cc1cc(F)cc(C(=O)O)c1CBr. The van der Waals surface area contributed by atoms with Crippen LogP contribution < -0.4 is 0 Å². The van der Waals surface area contributed by atoms with Crippen LogP contribution in [0.5, 0.6) is 0 Å². The number of alkyl halides is 1. The number of hydrogen-bond donors (Lipinski definition) is 1. The number of aromatic carboxylic acids is 1. The number of carboxylic acid groups (broad SMARTS) is 1. The van der Waals surface area contributed by atoms with Gasteiger partial charge >= 0.3 is 5.97 Å². The maximum Gasteiger partial charge on any atom is 0.336 e. The Morgan fingerprint density at radius 2 is 2.29 bits per heavy atom. The summed E-state index contributed by atoms with van der Waals surface area (Å²) >= 11 is 3.06. The molecule has 0 saturated carbocycles. The summed E-state index contributed by atoms with van der Waals surface area (Å²) in [5.74, 6) is -1.96. The van der Waals surface area contributed by atoms with Gasteiger partial charge in [0.05, 0.1) is 17.2 Å². The Balaban J connectivity index is 3.49. The third-order valence-corrected chi connectivity index (χ3v) is 2.26. The van der Waals surface area contributed by atoms with E-state index in [4.69, 9.17) is 10.4 Å². The minimum atomic E-state index is -1.24. The van der Waals surface area contributed by atoms with E-state index in [0.717, 1.165) is 12.1 Å². The van der Waals surface area contributed by atoms with E-state index in [0.29, 0.717) is 5.56 Å². The van der Waals surface area contributed by atoms with Gasteiger partial charge in [0.15, 0.2) is 0 Å². The van der Waals surface area contributed by atoms with Gasteiger partial charge in [-0.15, -0.1) is 0 Å². The summed E-state index contributed by atoms with van der Waals surface area (Å²) in [7, 11) is 0. The van der Waals surface area contributed by atoms with Gasteiger partial charge in [0.2, 0.25) is 0 Å². The van der Waals surface area contributed by atoms with Gasteiger partial charge in [-0.2, -0.15) is 5.26 Å². The van der Waals surface area contributed by atoms with Crippen LogP contribution in [0, 0.1) is 17.1 Å². The van der Waals surface area contributed by atoms with Gasteiger partial charge in [-0.25, -0.2) is 9.18 Å². The molecule has 1 aromatic rings. The number of halogens is 2. The first-order valence-electron chi connectivity index (χ1n) is 3.62. The molecule has 0 bridgehead atoms. The van der Waals surface area contributed by atoms with Gasteiger partial charge in [-0.05, 0) is 17.7 Å². The number of carbonyl (C=O) groups is 1. The van der Waals surface area contributed by atoms with E-state index in [9.17, 15) is 9.18 Å². The molecule has 0 atom stereocenters. The minimum Gasteiger partial charge on any atom is -0.478 e. The second-order valence-electron chi connectivity index (χ2n) is 2.53. The lowest BCUT2D eigenvalue weighted by molar-refractivity contribution is 0.0695. The first-order chi connectivity index (χ1) is 6.60. The molecule has 72 valence electrons. The zero-order valence-corrected chi connectivity index (χ0v) is 8.51. The largest absolute Gasteiger partial charge is 0.478 e. The van der Waals surface area contributed by atoms with Crippen LogP contribution in [0.1, 0.15) is 21.5 Å². The highest BCUT2D eigenvalue weighted by Crippen LogP contribution is 2.19. The monoisotopic (exact) mass is 257 g/mol. The molecule has 0 spiro atoms. The van der Waals surface area contributed by atoms with Crippen molar-refractivity contribution in [1.82, 2.24) is 0 Å². The van der Waals surface area contributed by atoms with Crippen molar-refractivity contribution in [2.45, 2.75) is 5.33 Å². The standard InChI is InChI=1S/C9H5BrFNO2/c10-3-8-5(4-12)1-6(11)2-7(8)9(13)14/h1-2H,3H2,(H,13,14). The highest BCUT2D eigenvalue weighted by Gasteiger charge is 2.15. The molecule has 0 amide bonds. The first kappa shape index (κ1) is 10.7. The summed E-state index contributed by atoms with van der Waals surface area (Å²) in [6.07, 6.45) is 0. The van der Waals surface area contributed by atoms with E-state index >= 15 is 0 Å². The summed E-state index contributed by atoms with van der Waals surface area (Å²) in [4.78, 5) is 10.7. The van der Waals surface area contributed by atoms with E-state index < -0.39 is 11.8 Å². The van der Waals surface area contributed by atoms with E-state index in [1.54, 1.807) is 6.07 Å². The molecule has 0 radical (unpaired) electrons. The molecule has 0 aliphatic rings. The summed E-state index contributed by atoms with van der Waals surface area (Å²) < 4.78 is 12.9. The molecule has 14 heavy (non-hydrogen) atoms.